The Morgan fingerprint density at radius 2 is 1.70 bits per heavy atom. The number of rotatable bonds is 12. The molecule has 3 N–H and O–H groups in total. The van der Waals surface area contributed by atoms with Gasteiger partial charge in [0.1, 0.15) is 5.75 Å². The highest BCUT2D eigenvalue weighted by Gasteiger charge is 2.21. The van der Waals surface area contributed by atoms with E-state index in [1.165, 1.54) is 0 Å². The number of nitrogens with one attached hydrogen (secondary N) is 3. The van der Waals surface area contributed by atoms with E-state index in [2.05, 4.69) is 27.0 Å². The van der Waals surface area contributed by atoms with Gasteiger partial charge in [0, 0.05) is 90.9 Å². The third-order valence-electron chi connectivity index (χ3n) is 8.74. The molecule has 2 aromatic heterocycles. The van der Waals surface area contributed by atoms with E-state index >= 15 is 0 Å². The van der Waals surface area contributed by atoms with E-state index < -0.39 is 0 Å². The lowest BCUT2D eigenvalue weighted by Crippen LogP contribution is -2.35. The van der Waals surface area contributed by atoms with Crippen molar-refractivity contribution < 1.29 is 19.0 Å². The first-order chi connectivity index (χ1) is 22.9. The maximum absolute atomic E-state index is 11.5. The Hall–Kier alpha value is -3.73. The second kappa shape index (κ2) is 15.4. The molecule has 246 valence electrons. The summed E-state index contributed by atoms with van der Waals surface area (Å²) in [5.41, 5.74) is 6.44. The molecule has 4 heterocycles. The number of hydrogen-bond acceptors (Lipinski definition) is 8. The number of aromatic nitrogens is 2. The fourth-order valence-electron chi connectivity index (χ4n) is 6.13. The molecule has 0 bridgehead atoms. The molecular formula is C36H39Cl2N5O4. The summed E-state index contributed by atoms with van der Waals surface area (Å²) in [7, 11) is 3.28. The van der Waals surface area contributed by atoms with Crippen LogP contribution >= 0.6 is 23.2 Å². The highest BCUT2D eigenvalue weighted by molar-refractivity contribution is 6.39. The molecule has 2 aliphatic rings. The number of halogens is 2. The molecule has 1 atom stereocenters. The van der Waals surface area contributed by atoms with Crippen molar-refractivity contribution in [2.24, 2.45) is 0 Å². The largest absolute Gasteiger partial charge is 0.496 e. The summed E-state index contributed by atoms with van der Waals surface area (Å²) in [5.74, 6) is 1.39. The minimum Gasteiger partial charge on any atom is -0.496 e. The molecule has 0 spiro atoms. The predicted octanol–water partition coefficient (Wildman–Crippen LogP) is 6.44. The highest BCUT2D eigenvalue weighted by atomic mass is 35.5. The van der Waals surface area contributed by atoms with Crippen LogP contribution in [-0.2, 0) is 22.6 Å². The van der Waals surface area contributed by atoms with Gasteiger partial charge in [-0.15, -0.1) is 0 Å². The Balaban J connectivity index is 1.22. The fraction of sp³-hybridized carbons (Fsp3) is 0.361. The van der Waals surface area contributed by atoms with Gasteiger partial charge in [0.15, 0.2) is 0 Å². The van der Waals surface area contributed by atoms with Gasteiger partial charge in [0.2, 0.25) is 11.8 Å². The fourth-order valence-corrected chi connectivity index (χ4v) is 6.77. The molecule has 0 aliphatic carbocycles. The van der Waals surface area contributed by atoms with Crippen molar-refractivity contribution in [2.45, 2.75) is 50.9 Å². The summed E-state index contributed by atoms with van der Waals surface area (Å²) in [6.07, 6.45) is 5.17. The Bertz CT molecular complexity index is 1730. The van der Waals surface area contributed by atoms with Gasteiger partial charge >= 0.3 is 0 Å². The maximum Gasteiger partial charge on any atom is 0.220 e. The van der Waals surface area contributed by atoms with E-state index in [1.807, 2.05) is 48.5 Å². The first-order valence-corrected chi connectivity index (χ1v) is 16.7. The van der Waals surface area contributed by atoms with Crippen LogP contribution in [0.25, 0.3) is 33.6 Å². The summed E-state index contributed by atoms with van der Waals surface area (Å²) in [5, 5.41) is 11.0. The lowest BCUT2D eigenvalue weighted by Gasteiger charge is -2.23. The lowest BCUT2D eigenvalue weighted by molar-refractivity contribution is -0.119. The van der Waals surface area contributed by atoms with Crippen LogP contribution in [0.1, 0.15) is 36.8 Å². The number of nitrogens with zero attached hydrogens (tertiary/aromatic N) is 2. The zero-order chi connectivity index (χ0) is 32.8. The Labute approximate surface area is 285 Å². The molecule has 0 unspecified atom stereocenters. The van der Waals surface area contributed by atoms with Crippen LogP contribution in [-0.4, -0.2) is 61.9 Å². The first kappa shape index (κ1) is 33.2. The first-order valence-electron chi connectivity index (χ1n) is 15.9. The number of pyridine rings is 2. The quantitative estimate of drug-likeness (QED) is 0.158. The SMILES string of the molecule is COc1cc(-c2nccc(-c3cccc(-c4ccc(CNC[C@H]5CCC(=O)N5)c(OC)n4)c3Cl)c2Cl)ccc1CNC1CCOCC1. The van der Waals surface area contributed by atoms with Crippen molar-refractivity contribution in [3.63, 3.8) is 0 Å². The molecule has 4 aromatic rings. The zero-order valence-electron chi connectivity index (χ0n) is 26.6. The standard InChI is InChI=1S/C36H39Cl2N5O4/c1-45-31-18-22(6-7-23(31)20-41-25-13-16-47-17-14-25)35-34(38)28(12-15-40-35)27-4-3-5-29(33(27)37)30-10-8-24(36(43-30)46-2)19-39-21-26-9-11-32(44)42-26/h3-8,10,12,15,18,25-26,39,41H,9,11,13-14,16-17,19-21H2,1-2H3,(H,42,44)/t26-/m1/s1. The van der Waals surface area contributed by atoms with Crippen LogP contribution in [0, 0.1) is 0 Å². The Morgan fingerprint density at radius 1 is 0.915 bits per heavy atom. The lowest BCUT2D eigenvalue weighted by atomic mass is 9.99. The van der Waals surface area contributed by atoms with E-state index in [1.54, 1.807) is 20.4 Å². The molecule has 1 amide bonds. The number of ether oxygens (including phenoxy) is 3. The third-order valence-corrected chi connectivity index (χ3v) is 9.53. The number of carbonyl (C=O) groups is 1. The summed E-state index contributed by atoms with van der Waals surface area (Å²) in [6, 6.07) is 18.3. The van der Waals surface area contributed by atoms with Crippen molar-refractivity contribution in [1.29, 1.82) is 0 Å². The molecular weight excluding hydrogens is 637 g/mol. The minimum atomic E-state index is 0.104. The van der Waals surface area contributed by atoms with E-state index in [9.17, 15) is 4.79 Å². The summed E-state index contributed by atoms with van der Waals surface area (Å²) in [6.45, 7) is 3.53. The van der Waals surface area contributed by atoms with Crippen LogP contribution in [0.2, 0.25) is 10.0 Å². The molecule has 2 aliphatic heterocycles. The van der Waals surface area contributed by atoms with Crippen molar-refractivity contribution in [1.82, 2.24) is 25.9 Å². The van der Waals surface area contributed by atoms with Crippen molar-refractivity contribution in [3.05, 3.63) is 82.0 Å². The summed E-state index contributed by atoms with van der Waals surface area (Å²) >= 11 is 14.1. The molecule has 9 nitrogen and oxygen atoms in total. The smallest absolute Gasteiger partial charge is 0.220 e. The van der Waals surface area contributed by atoms with E-state index in [0.29, 0.717) is 59.4 Å². The van der Waals surface area contributed by atoms with Crippen LogP contribution in [0.3, 0.4) is 0 Å². The van der Waals surface area contributed by atoms with Gasteiger partial charge in [0.25, 0.3) is 0 Å². The number of methoxy groups -OCH3 is 2. The average Bonchev–Trinajstić information content (AvgIpc) is 3.52. The molecule has 11 heteroatoms. The normalized spacial score (nSPS) is 16.7. The monoisotopic (exact) mass is 675 g/mol. The summed E-state index contributed by atoms with van der Waals surface area (Å²) in [4.78, 5) is 20.9. The molecule has 2 fully saturated rings. The van der Waals surface area contributed by atoms with Crippen molar-refractivity contribution in [3.8, 4) is 45.3 Å². The van der Waals surface area contributed by atoms with Gasteiger partial charge in [0.05, 0.1) is 35.7 Å². The minimum absolute atomic E-state index is 0.104. The zero-order valence-corrected chi connectivity index (χ0v) is 28.1. The maximum atomic E-state index is 11.5. The van der Waals surface area contributed by atoms with E-state index in [-0.39, 0.29) is 11.9 Å². The van der Waals surface area contributed by atoms with Gasteiger partial charge in [-0.3, -0.25) is 9.78 Å². The van der Waals surface area contributed by atoms with Crippen molar-refractivity contribution in [2.75, 3.05) is 34.0 Å². The number of carbonyl (C=O) groups excluding carboxylic acids is 1. The third kappa shape index (κ3) is 7.71. The van der Waals surface area contributed by atoms with Gasteiger partial charge in [-0.1, -0.05) is 59.6 Å². The second-order valence-electron chi connectivity index (χ2n) is 11.8. The molecule has 47 heavy (non-hydrogen) atoms. The topological polar surface area (TPSA) is 107 Å². The number of benzene rings is 2. The van der Waals surface area contributed by atoms with Gasteiger partial charge in [-0.2, -0.15) is 0 Å². The highest BCUT2D eigenvalue weighted by Crippen LogP contribution is 2.42. The van der Waals surface area contributed by atoms with Gasteiger partial charge in [-0.25, -0.2) is 4.98 Å². The Morgan fingerprint density at radius 3 is 2.47 bits per heavy atom. The summed E-state index contributed by atoms with van der Waals surface area (Å²) < 4.78 is 16.9. The van der Waals surface area contributed by atoms with Crippen LogP contribution in [0.5, 0.6) is 11.6 Å². The molecule has 0 radical (unpaired) electrons. The van der Waals surface area contributed by atoms with E-state index in [4.69, 9.17) is 42.4 Å². The van der Waals surface area contributed by atoms with E-state index in [0.717, 1.165) is 71.6 Å². The van der Waals surface area contributed by atoms with Gasteiger partial charge < -0.3 is 30.2 Å². The van der Waals surface area contributed by atoms with Crippen LogP contribution < -0.4 is 25.4 Å². The molecule has 6 rings (SSSR count). The second-order valence-corrected chi connectivity index (χ2v) is 12.5. The Kier molecular flexibility index (Phi) is 10.9. The molecule has 0 saturated carbocycles. The van der Waals surface area contributed by atoms with Crippen molar-refractivity contribution >= 4 is 29.1 Å². The predicted molar refractivity (Wildman–Crippen MR) is 185 cm³/mol. The number of amides is 1. The molecule has 2 saturated heterocycles. The molecule has 2 aromatic carbocycles. The number of hydrogen-bond donors (Lipinski definition) is 3. The van der Waals surface area contributed by atoms with Gasteiger partial charge in [-0.05, 0) is 37.5 Å². The van der Waals surface area contributed by atoms with Crippen LogP contribution in [0.4, 0.5) is 0 Å². The van der Waals surface area contributed by atoms with Crippen LogP contribution in [0.15, 0.2) is 60.8 Å². The average molecular weight is 677 g/mol.